The highest BCUT2D eigenvalue weighted by atomic mass is 19.1. The lowest BCUT2D eigenvalue weighted by Crippen LogP contribution is -2.52. The van der Waals surface area contributed by atoms with Gasteiger partial charge in [0.1, 0.15) is 28.7 Å². The van der Waals surface area contributed by atoms with E-state index in [4.69, 9.17) is 14.4 Å². The molecular formula is C57H60F2N10O6. The molecule has 0 radical (unpaired) electrons. The summed E-state index contributed by atoms with van der Waals surface area (Å²) in [6.45, 7) is 12.5. The number of amides is 1. The van der Waals surface area contributed by atoms with Crippen molar-refractivity contribution >= 4 is 33.5 Å². The average molecular weight is 1020 g/mol. The van der Waals surface area contributed by atoms with Gasteiger partial charge in [0.15, 0.2) is 11.6 Å². The number of benzene rings is 3. The summed E-state index contributed by atoms with van der Waals surface area (Å²) in [6.07, 6.45) is 10.9. The molecule has 5 aliphatic rings. The number of imidazole rings is 1. The van der Waals surface area contributed by atoms with E-state index in [1.54, 1.807) is 60.7 Å². The van der Waals surface area contributed by atoms with Crippen LogP contribution in [0.1, 0.15) is 142 Å². The molecule has 3 aliphatic carbocycles. The normalized spacial score (nSPS) is 25.4. The number of aromatic amines is 1. The van der Waals surface area contributed by atoms with Crippen molar-refractivity contribution in [3.8, 4) is 17.2 Å². The number of Topliss-reactive ketones (excluding diaryl/α,β-unsaturated/α-hetero) is 1. The summed E-state index contributed by atoms with van der Waals surface area (Å²) in [7, 11) is 1.72. The van der Waals surface area contributed by atoms with Gasteiger partial charge in [0, 0.05) is 66.3 Å². The second kappa shape index (κ2) is 16.6. The predicted molar refractivity (Wildman–Crippen MR) is 275 cm³/mol. The number of carbonyl (C=O) groups is 2. The molecule has 75 heavy (non-hydrogen) atoms. The number of nitrogens with zero attached hydrogens (tertiary/aromatic N) is 9. The van der Waals surface area contributed by atoms with Gasteiger partial charge in [0.25, 0.3) is 5.91 Å². The SMILES string of the molecule is Cc1cc(-n2nc3c(c2-n2ccn(-c4ccc5c(cnn5C)c4F)c2=O)[C@H](C)N(C(=O)c2cc4cc([C@H]5CCOC(C)(C)C5)ccc4n2[C@@]2(c4noc(=O)[nH]4)C[C@@H]2C)CC32CCC(C(=O)C3CC3)CC2)cc(C)c1F. The van der Waals surface area contributed by atoms with Crippen molar-refractivity contribution in [2.24, 2.45) is 24.8 Å². The number of fused-ring (bicyclic) bond motifs is 4. The van der Waals surface area contributed by atoms with Crippen molar-refractivity contribution in [1.82, 2.24) is 48.3 Å². The van der Waals surface area contributed by atoms with Crippen molar-refractivity contribution in [3.05, 3.63) is 139 Å². The first-order valence-corrected chi connectivity index (χ1v) is 26.4. The second-order valence-corrected chi connectivity index (χ2v) is 23.1. The monoisotopic (exact) mass is 1020 g/mol. The molecule has 2 aliphatic heterocycles. The minimum atomic E-state index is -0.914. The van der Waals surface area contributed by atoms with Gasteiger partial charge in [-0.25, -0.2) is 23.1 Å². The van der Waals surface area contributed by atoms with E-state index in [0.717, 1.165) is 42.1 Å². The number of hydrogen-bond donors (Lipinski definition) is 1. The summed E-state index contributed by atoms with van der Waals surface area (Å²) < 4.78 is 51.3. The zero-order valence-electron chi connectivity index (χ0n) is 43.2. The number of nitrogens with one attached hydrogen (secondary N) is 1. The Morgan fingerprint density at radius 1 is 0.853 bits per heavy atom. The zero-order valence-corrected chi connectivity index (χ0v) is 43.2. The molecule has 1 saturated heterocycles. The smallest absolute Gasteiger partial charge is 0.376 e. The molecule has 0 bridgehead atoms. The zero-order chi connectivity index (χ0) is 52.2. The average Bonchev–Trinajstić information content (AvgIpc) is 3.96. The van der Waals surface area contributed by atoms with Gasteiger partial charge >= 0.3 is 11.4 Å². The Hall–Kier alpha value is -7.21. The fraction of sp³-hybridized carbons (Fsp3) is 0.456. The predicted octanol–water partition coefficient (Wildman–Crippen LogP) is 9.31. The summed E-state index contributed by atoms with van der Waals surface area (Å²) >= 11 is 0. The maximum Gasteiger partial charge on any atom is 0.438 e. The molecule has 3 aromatic carbocycles. The van der Waals surface area contributed by atoms with Gasteiger partial charge in [-0.2, -0.15) is 10.2 Å². The Morgan fingerprint density at radius 2 is 1.56 bits per heavy atom. The minimum Gasteiger partial charge on any atom is -0.376 e. The molecule has 1 amide bonds. The molecule has 388 valence electrons. The fourth-order valence-electron chi connectivity index (χ4n) is 13.5. The first-order valence-electron chi connectivity index (χ1n) is 26.4. The Kier molecular flexibility index (Phi) is 10.5. The van der Waals surface area contributed by atoms with E-state index in [1.165, 1.54) is 21.5 Å². The van der Waals surface area contributed by atoms with Crippen LogP contribution in [0.15, 0.2) is 81.2 Å². The van der Waals surface area contributed by atoms with Crippen LogP contribution in [0.2, 0.25) is 0 Å². The number of aryl methyl sites for hydroxylation is 3. The molecule has 18 heteroatoms. The van der Waals surface area contributed by atoms with Gasteiger partial charge < -0.3 is 14.2 Å². The largest absolute Gasteiger partial charge is 0.438 e. The van der Waals surface area contributed by atoms with Crippen LogP contribution >= 0.6 is 0 Å². The molecule has 7 heterocycles. The second-order valence-electron chi connectivity index (χ2n) is 23.1. The molecule has 0 unspecified atom stereocenters. The number of hydrogen-bond acceptors (Lipinski definition) is 9. The molecular weight excluding hydrogens is 959 g/mol. The maximum atomic E-state index is 16.5. The van der Waals surface area contributed by atoms with E-state index >= 15 is 18.4 Å². The lowest BCUT2D eigenvalue weighted by atomic mass is 9.64. The minimum absolute atomic E-state index is 0.0286. The van der Waals surface area contributed by atoms with Crippen LogP contribution < -0.4 is 11.4 Å². The molecule has 4 atom stereocenters. The maximum absolute atomic E-state index is 16.5. The van der Waals surface area contributed by atoms with Gasteiger partial charge in [-0.1, -0.05) is 18.1 Å². The van der Waals surface area contributed by atoms with Gasteiger partial charge in [-0.05, 0) is 163 Å². The number of ether oxygens (including phenoxy) is 1. The summed E-state index contributed by atoms with van der Waals surface area (Å²) in [6, 6.07) is 14.3. The van der Waals surface area contributed by atoms with Gasteiger partial charge in [0.2, 0.25) is 0 Å². The quantitative estimate of drug-likeness (QED) is 0.148. The van der Waals surface area contributed by atoms with Crippen molar-refractivity contribution in [1.29, 1.82) is 0 Å². The highest BCUT2D eigenvalue weighted by molar-refractivity contribution is 6.00. The third-order valence-electron chi connectivity index (χ3n) is 17.9. The van der Waals surface area contributed by atoms with Gasteiger partial charge in [-0.15, -0.1) is 0 Å². The molecule has 5 aromatic heterocycles. The number of aromatic nitrogens is 9. The number of ketones is 1. The third-order valence-corrected chi connectivity index (χ3v) is 17.9. The van der Waals surface area contributed by atoms with Crippen molar-refractivity contribution < 1.29 is 27.6 Å². The van der Waals surface area contributed by atoms with E-state index in [9.17, 15) is 9.59 Å². The van der Waals surface area contributed by atoms with E-state index in [-0.39, 0.29) is 58.6 Å². The van der Waals surface area contributed by atoms with Crippen molar-refractivity contribution in [2.45, 2.75) is 128 Å². The molecule has 1 N–H and O–H groups in total. The molecule has 16 nitrogen and oxygen atoms in total. The van der Waals surface area contributed by atoms with E-state index in [2.05, 4.69) is 54.2 Å². The highest BCUT2D eigenvalue weighted by Crippen LogP contribution is 2.57. The summed E-state index contributed by atoms with van der Waals surface area (Å²) in [4.78, 5) is 62.7. The van der Waals surface area contributed by atoms with Gasteiger partial charge in [0.05, 0.1) is 45.8 Å². The molecule has 3 saturated carbocycles. The number of rotatable bonds is 9. The van der Waals surface area contributed by atoms with Crippen LogP contribution in [0.25, 0.3) is 39.0 Å². The first kappa shape index (κ1) is 47.5. The highest BCUT2D eigenvalue weighted by Gasteiger charge is 2.60. The molecule has 8 aromatic rings. The Balaban J connectivity index is 1.01. The first-order chi connectivity index (χ1) is 35.9. The van der Waals surface area contributed by atoms with E-state index < -0.39 is 34.3 Å². The molecule has 1 spiro atoms. The number of carbonyl (C=O) groups excluding carboxylic acids is 2. The summed E-state index contributed by atoms with van der Waals surface area (Å²) in [5, 5.41) is 15.1. The summed E-state index contributed by atoms with van der Waals surface area (Å²) in [5.74, 6) is -0.801. The van der Waals surface area contributed by atoms with Crippen molar-refractivity contribution in [3.63, 3.8) is 0 Å². The Morgan fingerprint density at radius 3 is 2.24 bits per heavy atom. The standard InChI is InChI=1S/C57H60F2N10O6/c1-30-22-39(23-31(2)46(30)58)69-50(66-20-19-65(54(66)73)43-13-12-42-40(47(43)59)28-60-64(42)7)45-33(4)67(29-56(49(45)62-69)17-14-35(15-18-56)48(70)34-8-9-34)51(71)44-25-38-24-36(37-16-21-74-55(5,6)27-37)10-11-41(38)68(44)57(26-32(57)3)52-61-53(72)75-63-52/h10-13,19-20,22-25,28,32-35,37H,8-9,14-18,21,26-27,29H2,1-7H3,(H,61,63,72)/t32-,33-,35?,37-,56?,57-/m0/s1. The third kappa shape index (κ3) is 7.24. The summed E-state index contributed by atoms with van der Waals surface area (Å²) in [5.41, 5.74) is 2.96. The van der Waals surface area contributed by atoms with Crippen LogP contribution in [0.4, 0.5) is 8.78 Å². The van der Waals surface area contributed by atoms with Crippen molar-refractivity contribution in [2.75, 3.05) is 13.2 Å². The van der Waals surface area contributed by atoms with Crippen LogP contribution in [-0.2, 0) is 27.5 Å². The van der Waals surface area contributed by atoms with E-state index in [1.807, 2.05) is 22.5 Å². The Bertz CT molecular complexity index is 3790. The lowest BCUT2D eigenvalue weighted by molar-refractivity contribution is -0.125. The van der Waals surface area contributed by atoms with Crippen LogP contribution in [0.5, 0.6) is 0 Å². The van der Waals surface area contributed by atoms with E-state index in [0.29, 0.717) is 95.4 Å². The topological polar surface area (TPSA) is 173 Å². The Labute approximate surface area is 430 Å². The van der Waals surface area contributed by atoms with Crippen LogP contribution in [-0.4, -0.2) is 78.7 Å². The molecule has 4 fully saturated rings. The van der Waals surface area contributed by atoms with Crippen LogP contribution in [0, 0.1) is 43.2 Å². The number of halogens is 2. The van der Waals surface area contributed by atoms with Gasteiger partial charge in [-0.3, -0.25) is 32.9 Å². The number of H-pyrrole nitrogens is 1. The van der Waals surface area contributed by atoms with Crippen LogP contribution in [0.3, 0.4) is 0 Å². The molecule has 13 rings (SSSR count). The lowest BCUT2D eigenvalue weighted by Gasteiger charge is -2.48. The fourth-order valence-corrected chi connectivity index (χ4v) is 13.5.